The summed E-state index contributed by atoms with van der Waals surface area (Å²) in [5, 5.41) is 8.08. The van der Waals surface area contributed by atoms with Crippen molar-refractivity contribution in [2.24, 2.45) is 5.92 Å². The van der Waals surface area contributed by atoms with Crippen molar-refractivity contribution >= 4 is 18.8 Å². The van der Waals surface area contributed by atoms with Crippen molar-refractivity contribution in [3.05, 3.63) is 0 Å². The van der Waals surface area contributed by atoms with Crippen molar-refractivity contribution in [3.8, 4) is 6.07 Å². The molecule has 0 aliphatic carbocycles. The molecule has 3 N–H and O–H groups in total. The summed E-state index contributed by atoms with van der Waals surface area (Å²) in [4.78, 5) is 0. The van der Waals surface area contributed by atoms with Crippen LogP contribution in [0.4, 0.5) is 0 Å². The van der Waals surface area contributed by atoms with Crippen molar-refractivity contribution in [3.63, 3.8) is 0 Å². The average molecular weight is 366 g/mol. The molecule has 0 spiro atoms. The first kappa shape index (κ1) is 17.0. The summed E-state index contributed by atoms with van der Waals surface area (Å²) in [6.07, 6.45) is 0.969. The molecule has 0 rings (SSSR count). The quantitative estimate of drug-likeness (QED) is 0.776. The molecule has 1 unspecified atom stereocenters. The Balaban J connectivity index is -0.000000107. The first-order chi connectivity index (χ1) is 4.22. The van der Waals surface area contributed by atoms with Crippen molar-refractivity contribution in [1.82, 2.24) is 6.15 Å². The van der Waals surface area contributed by atoms with E-state index in [2.05, 4.69) is 6.07 Å². The van der Waals surface area contributed by atoms with Gasteiger partial charge >= 0.3 is 35.3 Å². The van der Waals surface area contributed by atoms with Crippen molar-refractivity contribution < 1.29 is 16.5 Å². The minimum absolute atomic E-state index is 0. The third-order valence-electron chi connectivity index (χ3n) is 0.833. The predicted octanol–water partition coefficient (Wildman–Crippen LogP) is 3.09. The van der Waals surface area contributed by atoms with Crippen LogP contribution in [-0.4, -0.2) is 0 Å². The molecule has 0 aliphatic heterocycles. The molecule has 5 heteroatoms. The summed E-state index contributed by atoms with van der Waals surface area (Å²) < 4.78 is 0. The van der Waals surface area contributed by atoms with Gasteiger partial charge in [-0.2, -0.15) is 5.26 Å². The van der Waals surface area contributed by atoms with Gasteiger partial charge in [-0.1, -0.05) is 6.92 Å². The van der Waals surface area contributed by atoms with Gasteiger partial charge in [-0.05, 0) is 13.3 Å². The van der Waals surface area contributed by atoms with Gasteiger partial charge in [0.2, 0.25) is 0 Å². The SMILES string of the molecule is CCC(C)C#N.N.[Cl][Pt][Cl]. The van der Waals surface area contributed by atoms with Crippen LogP contribution in [-0.2, 0) is 16.5 Å². The zero-order chi connectivity index (χ0) is 7.70. The van der Waals surface area contributed by atoms with E-state index in [9.17, 15) is 0 Å². The van der Waals surface area contributed by atoms with Crippen molar-refractivity contribution in [2.75, 3.05) is 0 Å². The molecule has 0 aromatic rings. The van der Waals surface area contributed by atoms with Gasteiger partial charge < -0.3 is 6.15 Å². The fraction of sp³-hybridized carbons (Fsp3) is 0.800. The molecule has 66 valence electrons. The molecule has 0 amide bonds. The monoisotopic (exact) mass is 365 g/mol. The van der Waals surface area contributed by atoms with E-state index in [1.54, 1.807) is 0 Å². The fourth-order valence-electron chi connectivity index (χ4n) is 0.0913. The molecule has 2 nitrogen and oxygen atoms in total. The zero-order valence-electron chi connectivity index (χ0n) is 6.01. The number of halogens is 2. The number of nitriles is 1. The molecule has 0 radical (unpaired) electrons. The number of hydrogen-bond donors (Lipinski definition) is 1. The maximum atomic E-state index is 8.08. The topological polar surface area (TPSA) is 58.8 Å². The molecule has 1 atom stereocenters. The summed E-state index contributed by atoms with van der Waals surface area (Å²) in [5.74, 6) is 0.241. The molecule has 0 bridgehead atoms. The Labute approximate surface area is 78.9 Å². The second-order valence-corrected chi connectivity index (χ2v) is 4.77. The van der Waals surface area contributed by atoms with Gasteiger partial charge in [-0.3, -0.25) is 0 Å². The molecule has 0 saturated carbocycles. The van der Waals surface area contributed by atoms with Crippen LogP contribution in [0.3, 0.4) is 0 Å². The third kappa shape index (κ3) is 23.3. The average Bonchev–Trinajstić information content (AvgIpc) is 1.88. The number of nitrogens with zero attached hydrogens (tertiary/aromatic N) is 1. The Morgan fingerprint density at radius 1 is 1.60 bits per heavy atom. The van der Waals surface area contributed by atoms with E-state index in [1.165, 1.54) is 0 Å². The van der Waals surface area contributed by atoms with Crippen LogP contribution in [0.15, 0.2) is 0 Å². The molecule has 0 aromatic carbocycles. The normalized spacial score (nSPS) is 9.90. The summed E-state index contributed by atoms with van der Waals surface area (Å²) in [6, 6.07) is 2.11. The third-order valence-corrected chi connectivity index (χ3v) is 0.833. The molecule has 0 saturated heterocycles. The molecule has 0 aliphatic rings. The van der Waals surface area contributed by atoms with Gasteiger partial charge in [-0.15, -0.1) is 0 Å². The molecule has 10 heavy (non-hydrogen) atoms. The van der Waals surface area contributed by atoms with Crippen LogP contribution in [0.1, 0.15) is 20.3 Å². The summed E-state index contributed by atoms with van der Waals surface area (Å²) in [5.41, 5.74) is 0. The van der Waals surface area contributed by atoms with E-state index in [-0.39, 0.29) is 12.1 Å². The predicted molar refractivity (Wildman–Crippen MR) is 41.8 cm³/mol. The Bertz CT molecular complexity index is 84.2. The molecular weight excluding hydrogens is 354 g/mol. The Morgan fingerprint density at radius 3 is 1.90 bits per heavy atom. The van der Waals surface area contributed by atoms with Gasteiger partial charge in [0.15, 0.2) is 0 Å². The Kier molecular flexibility index (Phi) is 27.8. The Hall–Kier alpha value is 0.718. The fourth-order valence-corrected chi connectivity index (χ4v) is 0.0913. The van der Waals surface area contributed by atoms with Gasteiger partial charge in [-0.25, -0.2) is 0 Å². The summed E-state index contributed by atoms with van der Waals surface area (Å²) in [6.45, 7) is 3.92. The number of rotatable bonds is 1. The van der Waals surface area contributed by atoms with E-state index >= 15 is 0 Å². The standard InChI is InChI=1S/C5H9N.2ClH.H3N.Pt/c1-3-5(2)4-6;;;;/h5H,3H2,1-2H3;2*1H;1H3;/q;;;;+2/p-2. The van der Waals surface area contributed by atoms with Crippen molar-refractivity contribution in [2.45, 2.75) is 20.3 Å². The van der Waals surface area contributed by atoms with Gasteiger partial charge in [0.1, 0.15) is 0 Å². The van der Waals surface area contributed by atoms with E-state index in [4.69, 9.17) is 24.1 Å². The Morgan fingerprint density at radius 2 is 1.90 bits per heavy atom. The van der Waals surface area contributed by atoms with Crippen molar-refractivity contribution in [1.29, 1.82) is 5.26 Å². The van der Waals surface area contributed by atoms with Crippen LogP contribution in [0.5, 0.6) is 0 Å². The van der Waals surface area contributed by atoms with Gasteiger partial charge in [0, 0.05) is 5.92 Å². The van der Waals surface area contributed by atoms with Gasteiger partial charge in [0.05, 0.1) is 6.07 Å². The van der Waals surface area contributed by atoms with Crippen LogP contribution >= 0.6 is 18.8 Å². The molecule has 0 fully saturated rings. The maximum absolute atomic E-state index is 8.08. The molecular formula is C5H12Cl2N2Pt. The van der Waals surface area contributed by atoms with E-state index in [0.29, 0.717) is 0 Å². The van der Waals surface area contributed by atoms with Crippen LogP contribution in [0.2, 0.25) is 0 Å². The van der Waals surface area contributed by atoms with Crippen LogP contribution < -0.4 is 6.15 Å². The number of hydrogen-bond acceptors (Lipinski definition) is 2. The molecule has 0 heterocycles. The summed E-state index contributed by atoms with van der Waals surface area (Å²) >= 11 is -0.472. The second kappa shape index (κ2) is 16.4. The van der Waals surface area contributed by atoms with E-state index < -0.39 is 16.5 Å². The van der Waals surface area contributed by atoms with Crippen LogP contribution in [0, 0.1) is 17.2 Å². The first-order valence-electron chi connectivity index (χ1n) is 2.44. The minimum atomic E-state index is -0.472. The first-order valence-corrected chi connectivity index (χ1v) is 8.08. The van der Waals surface area contributed by atoms with E-state index in [0.717, 1.165) is 6.42 Å². The van der Waals surface area contributed by atoms with E-state index in [1.807, 2.05) is 13.8 Å². The summed E-state index contributed by atoms with van der Waals surface area (Å²) in [7, 11) is 9.75. The zero-order valence-corrected chi connectivity index (χ0v) is 9.80. The van der Waals surface area contributed by atoms with Gasteiger partial charge in [0.25, 0.3) is 0 Å². The second-order valence-electron chi connectivity index (χ2n) is 1.48. The molecule has 0 aromatic heterocycles. The van der Waals surface area contributed by atoms with Crippen LogP contribution in [0.25, 0.3) is 0 Å².